The number of rotatable bonds is 6. The van der Waals surface area contributed by atoms with E-state index in [4.69, 9.17) is 5.11 Å². The number of hydrogen-bond acceptors (Lipinski definition) is 2. The minimum Gasteiger partial charge on any atom is -0.481 e. The second-order valence-corrected chi connectivity index (χ2v) is 4.56. The van der Waals surface area contributed by atoms with E-state index in [1.807, 2.05) is 31.2 Å². The van der Waals surface area contributed by atoms with E-state index in [9.17, 15) is 9.59 Å². The van der Waals surface area contributed by atoms with Crippen molar-refractivity contribution in [3.05, 3.63) is 35.4 Å². The second-order valence-electron chi connectivity index (χ2n) is 4.56. The van der Waals surface area contributed by atoms with E-state index in [-0.39, 0.29) is 6.03 Å². The third kappa shape index (κ3) is 5.42. The number of carbonyl (C=O) groups excluding carboxylic acids is 1. The number of carboxylic acid groups (broad SMARTS) is 1. The van der Waals surface area contributed by atoms with Crippen molar-refractivity contribution >= 4 is 12.0 Å². The number of urea groups is 1. The first-order chi connectivity index (χ1) is 9.00. The van der Waals surface area contributed by atoms with Gasteiger partial charge < -0.3 is 15.7 Å². The van der Waals surface area contributed by atoms with Crippen LogP contribution in [-0.4, -0.2) is 23.7 Å². The van der Waals surface area contributed by atoms with Crippen LogP contribution in [0.3, 0.4) is 0 Å². The van der Waals surface area contributed by atoms with Gasteiger partial charge in [0.1, 0.15) is 0 Å². The van der Waals surface area contributed by atoms with Gasteiger partial charge in [-0.15, -0.1) is 0 Å². The number of nitrogens with one attached hydrogen (secondary N) is 2. The Bertz CT molecular complexity index is 446. The zero-order valence-electron chi connectivity index (χ0n) is 11.3. The number of aryl methyl sites for hydroxylation is 1. The van der Waals surface area contributed by atoms with Gasteiger partial charge in [-0.05, 0) is 24.5 Å². The van der Waals surface area contributed by atoms with E-state index in [2.05, 4.69) is 10.6 Å². The van der Waals surface area contributed by atoms with E-state index in [1.54, 1.807) is 6.92 Å². The summed E-state index contributed by atoms with van der Waals surface area (Å²) in [4.78, 5) is 22.1. The molecule has 0 aliphatic heterocycles. The highest BCUT2D eigenvalue weighted by Crippen LogP contribution is 2.05. The fraction of sp³-hybridized carbons (Fsp3) is 0.429. The average Bonchev–Trinajstić information content (AvgIpc) is 2.37. The standard InChI is InChI=1S/C14H20N2O3/c1-10-5-3-4-6-12(10)9-16-14(19)15-8-7-11(2)13(17)18/h3-6,11H,7-9H2,1-2H3,(H,17,18)(H2,15,16,19). The number of amides is 2. The molecule has 1 atom stereocenters. The monoisotopic (exact) mass is 264 g/mol. The summed E-state index contributed by atoms with van der Waals surface area (Å²) in [5.41, 5.74) is 2.19. The lowest BCUT2D eigenvalue weighted by molar-refractivity contribution is -0.141. The Morgan fingerprint density at radius 2 is 1.95 bits per heavy atom. The van der Waals surface area contributed by atoms with E-state index < -0.39 is 11.9 Å². The molecule has 0 aliphatic rings. The topological polar surface area (TPSA) is 78.4 Å². The molecule has 1 aromatic rings. The van der Waals surface area contributed by atoms with E-state index in [1.165, 1.54) is 0 Å². The number of carbonyl (C=O) groups is 2. The average molecular weight is 264 g/mol. The predicted molar refractivity (Wildman–Crippen MR) is 72.8 cm³/mol. The highest BCUT2D eigenvalue weighted by molar-refractivity contribution is 5.74. The van der Waals surface area contributed by atoms with Crippen LogP contribution >= 0.6 is 0 Å². The van der Waals surface area contributed by atoms with E-state index in [0.717, 1.165) is 11.1 Å². The molecule has 3 N–H and O–H groups in total. The number of carboxylic acids is 1. The van der Waals surface area contributed by atoms with Crippen molar-refractivity contribution in [3.63, 3.8) is 0 Å². The Balaban J connectivity index is 2.25. The fourth-order valence-corrected chi connectivity index (χ4v) is 1.57. The molecule has 19 heavy (non-hydrogen) atoms. The van der Waals surface area contributed by atoms with Gasteiger partial charge in [-0.25, -0.2) is 4.79 Å². The van der Waals surface area contributed by atoms with Crippen molar-refractivity contribution in [1.82, 2.24) is 10.6 Å². The van der Waals surface area contributed by atoms with E-state index >= 15 is 0 Å². The molecule has 1 unspecified atom stereocenters. The summed E-state index contributed by atoms with van der Waals surface area (Å²) < 4.78 is 0. The zero-order chi connectivity index (χ0) is 14.3. The largest absolute Gasteiger partial charge is 0.481 e. The van der Waals surface area contributed by atoms with Crippen molar-refractivity contribution in [3.8, 4) is 0 Å². The Morgan fingerprint density at radius 3 is 2.58 bits per heavy atom. The lowest BCUT2D eigenvalue weighted by Crippen LogP contribution is -2.36. The van der Waals surface area contributed by atoms with Gasteiger partial charge in [0.15, 0.2) is 0 Å². The molecule has 5 heteroatoms. The Morgan fingerprint density at radius 1 is 1.26 bits per heavy atom. The molecular formula is C14H20N2O3. The molecular weight excluding hydrogens is 244 g/mol. The van der Waals surface area contributed by atoms with Gasteiger partial charge in [0.2, 0.25) is 0 Å². The van der Waals surface area contributed by atoms with Crippen molar-refractivity contribution in [2.45, 2.75) is 26.8 Å². The van der Waals surface area contributed by atoms with Crippen LogP contribution in [0.5, 0.6) is 0 Å². The maximum absolute atomic E-state index is 11.5. The summed E-state index contributed by atoms with van der Waals surface area (Å²) in [7, 11) is 0. The van der Waals surface area contributed by atoms with Crippen LogP contribution in [-0.2, 0) is 11.3 Å². The molecule has 104 valence electrons. The van der Waals surface area contributed by atoms with Crippen LogP contribution in [0.25, 0.3) is 0 Å². The van der Waals surface area contributed by atoms with Crippen LogP contribution < -0.4 is 10.6 Å². The molecule has 0 radical (unpaired) electrons. The van der Waals surface area contributed by atoms with Gasteiger partial charge in [-0.2, -0.15) is 0 Å². The summed E-state index contributed by atoms with van der Waals surface area (Å²) in [6.45, 7) is 4.43. The van der Waals surface area contributed by atoms with Crippen LogP contribution in [0.1, 0.15) is 24.5 Å². The Labute approximate surface area is 113 Å². The van der Waals surface area contributed by atoms with Crippen LogP contribution in [0.2, 0.25) is 0 Å². The maximum atomic E-state index is 11.5. The fourth-order valence-electron chi connectivity index (χ4n) is 1.57. The number of aliphatic carboxylic acids is 1. The minimum absolute atomic E-state index is 0.277. The molecule has 0 spiro atoms. The van der Waals surface area contributed by atoms with E-state index in [0.29, 0.717) is 19.5 Å². The highest BCUT2D eigenvalue weighted by atomic mass is 16.4. The van der Waals surface area contributed by atoms with Gasteiger partial charge in [0.25, 0.3) is 0 Å². The molecule has 0 aliphatic carbocycles. The molecule has 0 bridgehead atoms. The molecule has 2 amide bonds. The SMILES string of the molecule is Cc1ccccc1CNC(=O)NCCC(C)C(=O)O. The normalized spacial score (nSPS) is 11.7. The van der Waals surface area contributed by atoms with Crippen molar-refractivity contribution < 1.29 is 14.7 Å². The Kier molecular flexibility index (Phi) is 5.85. The summed E-state index contributed by atoms with van der Waals surface area (Å²) in [5.74, 6) is -1.29. The summed E-state index contributed by atoms with van der Waals surface area (Å²) >= 11 is 0. The molecule has 0 saturated heterocycles. The summed E-state index contributed by atoms with van der Waals surface area (Å²) in [6.07, 6.45) is 0.424. The minimum atomic E-state index is -0.845. The zero-order valence-corrected chi connectivity index (χ0v) is 11.3. The van der Waals surface area contributed by atoms with Gasteiger partial charge in [0.05, 0.1) is 5.92 Å². The molecule has 0 heterocycles. The second kappa shape index (κ2) is 7.41. The first kappa shape index (κ1) is 15.0. The lowest BCUT2D eigenvalue weighted by atomic mass is 10.1. The van der Waals surface area contributed by atoms with Crippen molar-refractivity contribution in [2.75, 3.05) is 6.54 Å². The third-order valence-corrected chi connectivity index (χ3v) is 2.99. The first-order valence-electron chi connectivity index (χ1n) is 6.29. The van der Waals surface area contributed by atoms with Crippen LogP contribution in [0.4, 0.5) is 4.79 Å². The van der Waals surface area contributed by atoms with Crippen molar-refractivity contribution in [1.29, 1.82) is 0 Å². The number of hydrogen-bond donors (Lipinski definition) is 3. The molecule has 1 rings (SSSR count). The molecule has 0 saturated carbocycles. The molecule has 0 aromatic heterocycles. The van der Waals surface area contributed by atoms with Crippen molar-refractivity contribution in [2.24, 2.45) is 5.92 Å². The summed E-state index contributed by atoms with van der Waals surface area (Å²) in [5, 5.41) is 14.1. The lowest BCUT2D eigenvalue weighted by Gasteiger charge is -2.10. The maximum Gasteiger partial charge on any atom is 0.315 e. The molecule has 1 aromatic carbocycles. The number of benzene rings is 1. The predicted octanol–water partition coefficient (Wildman–Crippen LogP) is 1.91. The van der Waals surface area contributed by atoms with Gasteiger partial charge in [-0.3, -0.25) is 4.79 Å². The highest BCUT2D eigenvalue weighted by Gasteiger charge is 2.10. The third-order valence-electron chi connectivity index (χ3n) is 2.99. The van der Waals surface area contributed by atoms with Gasteiger partial charge >= 0.3 is 12.0 Å². The van der Waals surface area contributed by atoms with Gasteiger partial charge in [-0.1, -0.05) is 31.2 Å². The summed E-state index contributed by atoms with van der Waals surface area (Å²) in [6, 6.07) is 7.55. The molecule has 5 nitrogen and oxygen atoms in total. The van der Waals surface area contributed by atoms with Gasteiger partial charge in [0, 0.05) is 13.1 Å². The molecule has 0 fully saturated rings. The van der Waals surface area contributed by atoms with Crippen LogP contribution in [0, 0.1) is 12.8 Å². The quantitative estimate of drug-likeness (QED) is 0.734. The smallest absolute Gasteiger partial charge is 0.315 e. The Hall–Kier alpha value is -2.04. The first-order valence-corrected chi connectivity index (χ1v) is 6.29. The van der Waals surface area contributed by atoms with Crippen LogP contribution in [0.15, 0.2) is 24.3 Å².